The van der Waals surface area contributed by atoms with Crippen LogP contribution < -0.4 is 5.32 Å². The largest absolute Gasteiger partial charge is 0.394 e. The van der Waals surface area contributed by atoms with Crippen molar-refractivity contribution in [2.24, 2.45) is 0 Å². The van der Waals surface area contributed by atoms with Crippen molar-refractivity contribution >= 4 is 5.91 Å². The minimum Gasteiger partial charge on any atom is -0.394 e. The van der Waals surface area contributed by atoms with E-state index >= 15 is 0 Å². The van der Waals surface area contributed by atoms with E-state index in [0.717, 1.165) is 32.1 Å². The zero-order valence-electron chi connectivity index (χ0n) is 38.1. The second-order valence-electron chi connectivity index (χ2n) is 17.7. The highest BCUT2D eigenvalue weighted by Gasteiger charge is 2.44. The quantitative estimate of drug-likeness (QED) is 0.0218. The molecule has 9 N–H and O–H groups in total. The fraction of sp³-hybridized carbons (Fsp3) is 0.938. The van der Waals surface area contributed by atoms with Crippen LogP contribution in [0.25, 0.3) is 0 Å². The highest BCUT2D eigenvalue weighted by Crippen LogP contribution is 2.23. The first-order chi connectivity index (χ1) is 29.1. The van der Waals surface area contributed by atoms with Crippen LogP contribution in [0.4, 0.5) is 0 Å². The Morgan fingerprint density at radius 2 is 1.02 bits per heavy atom. The maximum atomic E-state index is 13.1. The standard InChI is InChI=1S/C48H93NO11/c1-3-5-7-9-11-13-15-17-18-19-20-21-22-24-25-27-29-31-33-39(51)42(54)35-41(53)38(37-59-48-46(57)45(56)44(55)43(36-50)60-48)49-47(58)40(52)34-32-30-28-26-23-16-14-12-10-8-6-4-2/h27,29,38-46,48,50-57H,3-26,28,30-37H2,1-2H3,(H,49,58)/b29-27+/t38-,39-,40+,41-,42+,43+,44+,45-,46+,48+/m0/s1. The molecule has 0 aromatic heterocycles. The van der Waals surface area contributed by atoms with E-state index in [2.05, 4.69) is 25.2 Å². The predicted molar refractivity (Wildman–Crippen MR) is 239 cm³/mol. The molecule has 12 nitrogen and oxygen atoms in total. The van der Waals surface area contributed by atoms with Crippen LogP contribution in [0.15, 0.2) is 12.2 Å². The molecule has 0 aromatic rings. The molecular weight excluding hydrogens is 767 g/mol. The van der Waals surface area contributed by atoms with E-state index < -0.39 is 80.3 Å². The number of hydrogen-bond donors (Lipinski definition) is 9. The number of carbonyl (C=O) groups is 1. The van der Waals surface area contributed by atoms with Crippen LogP contribution in [-0.2, 0) is 14.3 Å². The topological polar surface area (TPSA) is 209 Å². The van der Waals surface area contributed by atoms with Crippen LogP contribution in [0.5, 0.6) is 0 Å². The molecule has 0 unspecified atom stereocenters. The Balaban J connectivity index is 2.48. The maximum Gasteiger partial charge on any atom is 0.249 e. The molecule has 1 amide bonds. The Kier molecular flexibility index (Phi) is 36.3. The van der Waals surface area contributed by atoms with Gasteiger partial charge in [0.15, 0.2) is 6.29 Å². The number of ether oxygens (including phenoxy) is 2. The van der Waals surface area contributed by atoms with Gasteiger partial charge in [-0.25, -0.2) is 0 Å². The molecule has 1 aliphatic heterocycles. The van der Waals surface area contributed by atoms with Gasteiger partial charge >= 0.3 is 0 Å². The summed E-state index contributed by atoms with van der Waals surface area (Å²) < 4.78 is 11.0. The monoisotopic (exact) mass is 860 g/mol. The molecule has 0 saturated carbocycles. The molecule has 60 heavy (non-hydrogen) atoms. The Hall–Kier alpha value is -1.19. The van der Waals surface area contributed by atoms with E-state index in [-0.39, 0.29) is 19.3 Å². The summed E-state index contributed by atoms with van der Waals surface area (Å²) in [4.78, 5) is 13.1. The second kappa shape index (κ2) is 38.3. The lowest BCUT2D eigenvalue weighted by atomic mass is 9.98. The van der Waals surface area contributed by atoms with E-state index in [9.17, 15) is 45.6 Å². The Bertz CT molecular complexity index is 1000. The van der Waals surface area contributed by atoms with Crippen molar-refractivity contribution in [3.8, 4) is 0 Å². The number of rotatable bonds is 41. The summed E-state index contributed by atoms with van der Waals surface area (Å²) in [5.41, 5.74) is 0. The van der Waals surface area contributed by atoms with Gasteiger partial charge in [-0.15, -0.1) is 0 Å². The van der Waals surface area contributed by atoms with Gasteiger partial charge in [0.05, 0.1) is 37.6 Å². The molecule has 0 spiro atoms. The van der Waals surface area contributed by atoms with Crippen molar-refractivity contribution in [3.63, 3.8) is 0 Å². The molecule has 0 aliphatic carbocycles. The van der Waals surface area contributed by atoms with Crippen LogP contribution in [0, 0.1) is 0 Å². The van der Waals surface area contributed by atoms with Crippen LogP contribution in [0.1, 0.15) is 213 Å². The van der Waals surface area contributed by atoms with Crippen molar-refractivity contribution in [2.45, 2.75) is 274 Å². The third kappa shape index (κ3) is 27.8. The average Bonchev–Trinajstić information content (AvgIpc) is 3.24. The molecule has 1 fully saturated rings. The van der Waals surface area contributed by atoms with Crippen LogP contribution in [-0.4, -0.2) is 121 Å². The maximum absolute atomic E-state index is 13.1. The number of nitrogens with one attached hydrogen (secondary N) is 1. The van der Waals surface area contributed by atoms with Gasteiger partial charge < -0.3 is 55.6 Å². The summed E-state index contributed by atoms with van der Waals surface area (Å²) in [5.74, 6) is -0.737. The molecule has 12 heteroatoms. The number of allylic oxidation sites excluding steroid dienone is 2. The first-order valence-electron chi connectivity index (χ1n) is 24.7. The number of aliphatic hydroxyl groups excluding tert-OH is 8. The fourth-order valence-corrected chi connectivity index (χ4v) is 7.96. The minimum atomic E-state index is -1.69. The second-order valence-corrected chi connectivity index (χ2v) is 17.7. The zero-order chi connectivity index (χ0) is 44.2. The summed E-state index contributed by atoms with van der Waals surface area (Å²) in [6.45, 7) is 3.36. The van der Waals surface area contributed by atoms with Gasteiger partial charge in [-0.3, -0.25) is 4.79 Å². The van der Waals surface area contributed by atoms with Crippen molar-refractivity contribution in [1.82, 2.24) is 5.32 Å². The molecule has 0 bridgehead atoms. The lowest BCUT2D eigenvalue weighted by Gasteiger charge is -2.40. The molecule has 1 rings (SSSR count). The van der Waals surface area contributed by atoms with Gasteiger partial charge in [0.25, 0.3) is 0 Å². The highest BCUT2D eigenvalue weighted by atomic mass is 16.7. The first-order valence-corrected chi connectivity index (χ1v) is 24.7. The van der Waals surface area contributed by atoms with E-state index in [4.69, 9.17) is 9.47 Å². The van der Waals surface area contributed by atoms with E-state index in [1.807, 2.05) is 6.08 Å². The van der Waals surface area contributed by atoms with Gasteiger partial charge in [0.1, 0.15) is 30.5 Å². The third-order valence-corrected chi connectivity index (χ3v) is 12.2. The molecule has 0 aromatic carbocycles. The SMILES string of the molecule is CCCCCCCCCCCCCCCC/C=C/CC[C@H](O)[C@H](O)C[C@H](O)[C@H](CO[C@@H]1O[C@H](CO)[C@@H](O)[C@H](O)[C@H]1O)NC(=O)[C@H](O)CCCCCCCCCCCCCC. The highest BCUT2D eigenvalue weighted by molar-refractivity contribution is 5.80. The van der Waals surface area contributed by atoms with Crippen LogP contribution in [0.3, 0.4) is 0 Å². The number of carbonyl (C=O) groups excluding carboxylic acids is 1. The summed E-state index contributed by atoms with van der Waals surface area (Å²) >= 11 is 0. The van der Waals surface area contributed by atoms with Gasteiger partial charge in [-0.2, -0.15) is 0 Å². The first kappa shape index (κ1) is 56.8. The summed E-state index contributed by atoms with van der Waals surface area (Å²) in [6, 6.07) is -1.20. The van der Waals surface area contributed by atoms with Gasteiger partial charge in [0, 0.05) is 6.42 Å². The smallest absolute Gasteiger partial charge is 0.249 e. The molecule has 356 valence electrons. The molecular formula is C48H93NO11. The van der Waals surface area contributed by atoms with Crippen LogP contribution in [0.2, 0.25) is 0 Å². The lowest BCUT2D eigenvalue weighted by Crippen LogP contribution is -2.60. The fourth-order valence-electron chi connectivity index (χ4n) is 7.96. The molecule has 1 heterocycles. The normalized spacial score (nSPS) is 22.2. The van der Waals surface area contributed by atoms with Gasteiger partial charge in [-0.05, 0) is 32.1 Å². The Labute approximate surface area is 364 Å². The third-order valence-electron chi connectivity index (χ3n) is 12.2. The Morgan fingerprint density at radius 1 is 0.567 bits per heavy atom. The number of hydrogen-bond acceptors (Lipinski definition) is 11. The van der Waals surface area contributed by atoms with Crippen molar-refractivity contribution in [2.75, 3.05) is 13.2 Å². The molecule has 10 atom stereocenters. The molecule has 1 aliphatic rings. The van der Waals surface area contributed by atoms with Crippen molar-refractivity contribution < 1.29 is 55.1 Å². The van der Waals surface area contributed by atoms with E-state index in [1.54, 1.807) is 0 Å². The summed E-state index contributed by atoms with van der Waals surface area (Å²) in [7, 11) is 0. The minimum absolute atomic E-state index is 0.230. The summed E-state index contributed by atoms with van der Waals surface area (Å²) in [5, 5.41) is 86.2. The lowest BCUT2D eigenvalue weighted by molar-refractivity contribution is -0.302. The zero-order valence-corrected chi connectivity index (χ0v) is 38.1. The van der Waals surface area contributed by atoms with Gasteiger partial charge in [-0.1, -0.05) is 187 Å². The average molecular weight is 860 g/mol. The molecule has 0 radical (unpaired) electrons. The van der Waals surface area contributed by atoms with E-state index in [0.29, 0.717) is 12.8 Å². The predicted octanol–water partition coefficient (Wildman–Crippen LogP) is 7.42. The van der Waals surface area contributed by atoms with Gasteiger partial charge in [0.2, 0.25) is 5.91 Å². The Morgan fingerprint density at radius 3 is 1.50 bits per heavy atom. The number of aliphatic hydroxyl groups is 8. The number of amides is 1. The molecule has 1 saturated heterocycles. The number of unbranched alkanes of at least 4 members (excludes halogenated alkanes) is 25. The van der Waals surface area contributed by atoms with Crippen molar-refractivity contribution in [3.05, 3.63) is 12.2 Å². The van der Waals surface area contributed by atoms with Crippen molar-refractivity contribution in [1.29, 1.82) is 0 Å². The van der Waals surface area contributed by atoms with Crippen LogP contribution >= 0.6 is 0 Å². The van der Waals surface area contributed by atoms with E-state index in [1.165, 1.54) is 135 Å². The summed E-state index contributed by atoms with van der Waals surface area (Å²) in [6.07, 6.45) is 25.2.